The van der Waals surface area contributed by atoms with Gasteiger partial charge in [0.25, 0.3) is 6.43 Å². The van der Waals surface area contributed by atoms with Crippen LogP contribution in [0.4, 0.5) is 8.78 Å². The number of nitrogens with zero attached hydrogens (tertiary/aromatic N) is 1. The molecule has 3 aliphatic rings. The minimum Gasteiger partial charge on any atom is -0.490 e. The average molecular weight is 472 g/mol. The van der Waals surface area contributed by atoms with E-state index in [0.717, 1.165) is 49.5 Å². The highest BCUT2D eigenvalue weighted by Gasteiger charge is 2.45. The van der Waals surface area contributed by atoms with E-state index in [1.807, 2.05) is 24.3 Å². The molecule has 2 bridgehead atoms. The Morgan fingerprint density at radius 3 is 2.29 bits per heavy atom. The molecule has 1 saturated carbocycles. The quantitative estimate of drug-likeness (QED) is 0.487. The predicted octanol–water partition coefficient (Wildman–Crippen LogP) is 7.12. The Bertz CT molecular complexity index is 1040. The molecule has 5 rings (SSSR count). The summed E-state index contributed by atoms with van der Waals surface area (Å²) >= 11 is 0. The number of rotatable bonds is 6. The number of benzene rings is 2. The molecule has 0 radical (unpaired) electrons. The summed E-state index contributed by atoms with van der Waals surface area (Å²) in [5.74, 6) is 0.0158. The Hall–Kier alpha value is -2.21. The van der Waals surface area contributed by atoms with Crippen molar-refractivity contribution in [1.82, 2.24) is 4.90 Å². The van der Waals surface area contributed by atoms with E-state index in [1.54, 1.807) is 6.07 Å². The summed E-state index contributed by atoms with van der Waals surface area (Å²) in [6.45, 7) is 4.36. The molecule has 0 aromatic heterocycles. The van der Waals surface area contributed by atoms with Crippen molar-refractivity contribution >= 4 is 16.7 Å². The van der Waals surface area contributed by atoms with Gasteiger partial charge in [0.15, 0.2) is 0 Å². The highest BCUT2D eigenvalue weighted by atomic mass is 19.3. The monoisotopic (exact) mass is 471 g/mol. The van der Waals surface area contributed by atoms with Gasteiger partial charge in [-0.3, -0.25) is 9.69 Å². The fraction of sp³-hybridized carbons (Fsp3) is 0.607. The van der Waals surface area contributed by atoms with Crippen LogP contribution in [0, 0.1) is 11.8 Å². The first-order valence-corrected chi connectivity index (χ1v) is 12.8. The van der Waals surface area contributed by atoms with Crippen LogP contribution in [0.15, 0.2) is 30.3 Å². The minimum atomic E-state index is -2.62. The van der Waals surface area contributed by atoms with Crippen molar-refractivity contribution in [3.8, 4) is 5.75 Å². The van der Waals surface area contributed by atoms with Crippen LogP contribution >= 0.6 is 0 Å². The van der Waals surface area contributed by atoms with E-state index in [4.69, 9.17) is 4.74 Å². The maximum atomic E-state index is 14.4. The maximum Gasteiger partial charge on any atom is 0.306 e. The predicted molar refractivity (Wildman–Crippen MR) is 128 cm³/mol. The zero-order valence-electron chi connectivity index (χ0n) is 20.1. The molecule has 2 aromatic carbocycles. The number of carboxylic acid groups (broad SMARTS) is 1. The van der Waals surface area contributed by atoms with Crippen molar-refractivity contribution in [1.29, 1.82) is 0 Å². The summed E-state index contributed by atoms with van der Waals surface area (Å²) in [5.41, 5.74) is 1.00. The smallest absolute Gasteiger partial charge is 0.306 e. The second-order valence-corrected chi connectivity index (χ2v) is 10.8. The van der Waals surface area contributed by atoms with Crippen LogP contribution in [0.2, 0.25) is 0 Å². The van der Waals surface area contributed by atoms with Crippen LogP contribution in [-0.4, -0.2) is 34.2 Å². The van der Waals surface area contributed by atoms with E-state index in [-0.39, 0.29) is 35.7 Å². The Morgan fingerprint density at radius 1 is 1.03 bits per heavy atom. The van der Waals surface area contributed by atoms with Gasteiger partial charge in [-0.15, -0.1) is 0 Å². The van der Waals surface area contributed by atoms with Crippen molar-refractivity contribution in [2.75, 3.05) is 0 Å². The van der Waals surface area contributed by atoms with Crippen LogP contribution < -0.4 is 4.74 Å². The number of aliphatic carboxylic acids is 1. The summed E-state index contributed by atoms with van der Waals surface area (Å²) in [7, 11) is 0. The third kappa shape index (κ3) is 4.41. The first-order valence-electron chi connectivity index (χ1n) is 12.8. The van der Waals surface area contributed by atoms with Crippen LogP contribution in [-0.2, 0) is 4.79 Å². The molecule has 3 unspecified atom stereocenters. The Balaban J connectivity index is 1.44. The molecular formula is C28H35F2NO3. The van der Waals surface area contributed by atoms with E-state index in [2.05, 4.69) is 18.7 Å². The van der Waals surface area contributed by atoms with E-state index in [9.17, 15) is 18.7 Å². The molecule has 1 aliphatic carbocycles. The molecule has 2 heterocycles. The molecule has 0 amide bonds. The van der Waals surface area contributed by atoms with E-state index < -0.39 is 12.4 Å². The summed E-state index contributed by atoms with van der Waals surface area (Å²) in [6, 6.07) is 10.0. The number of carbonyl (C=O) groups is 1. The second-order valence-electron chi connectivity index (χ2n) is 10.8. The Kier molecular flexibility index (Phi) is 6.54. The number of carboxylic acids is 1. The van der Waals surface area contributed by atoms with Gasteiger partial charge in [0.1, 0.15) is 5.75 Å². The summed E-state index contributed by atoms with van der Waals surface area (Å²) < 4.78 is 34.9. The van der Waals surface area contributed by atoms with E-state index in [1.165, 1.54) is 0 Å². The minimum absolute atomic E-state index is 0.000544. The van der Waals surface area contributed by atoms with Crippen molar-refractivity contribution in [3.63, 3.8) is 0 Å². The van der Waals surface area contributed by atoms with Crippen LogP contribution in [0.1, 0.15) is 88.8 Å². The van der Waals surface area contributed by atoms with Gasteiger partial charge >= 0.3 is 5.97 Å². The summed E-state index contributed by atoms with van der Waals surface area (Å²) in [5, 5.41) is 10.9. The standard InChI is InChI=1S/C28H35F2NO3/c1-16-3-10-23(11-4-16)34-25-12-7-18-5-6-19(15-24(18)26(25)27(29)30)17(2)31-21-8-9-22(31)14-20(13-21)28(32)33/h5-7,12,15-17,20-23,27H,3-4,8-11,13-14H2,1-2H3,(H,32,33)/t16-,17?,20?,21?,22?,23+. The third-order valence-corrected chi connectivity index (χ3v) is 8.59. The molecule has 34 heavy (non-hydrogen) atoms. The molecule has 2 saturated heterocycles. The first-order chi connectivity index (χ1) is 16.3. The number of hydrogen-bond acceptors (Lipinski definition) is 3. The highest BCUT2D eigenvalue weighted by molar-refractivity contribution is 5.88. The van der Waals surface area contributed by atoms with Gasteiger partial charge in [-0.25, -0.2) is 8.78 Å². The topological polar surface area (TPSA) is 49.8 Å². The first kappa shape index (κ1) is 23.5. The van der Waals surface area contributed by atoms with Crippen molar-refractivity contribution < 1.29 is 23.4 Å². The fourth-order valence-corrected chi connectivity index (χ4v) is 6.67. The highest BCUT2D eigenvalue weighted by Crippen LogP contribution is 2.45. The SMILES string of the molecule is CC(c1ccc2ccc(O[C@H]3CC[C@@H](C)CC3)c(C(F)F)c2c1)N1C2CCC1CC(C(=O)O)C2. The number of ether oxygens (including phenoxy) is 1. The molecule has 1 N–H and O–H groups in total. The van der Waals surface area contributed by atoms with Crippen LogP contribution in [0.5, 0.6) is 5.75 Å². The van der Waals surface area contributed by atoms with Crippen molar-refractivity contribution in [3.05, 3.63) is 41.5 Å². The summed E-state index contributed by atoms with van der Waals surface area (Å²) in [6.07, 6.45) is 4.71. The van der Waals surface area contributed by atoms with Gasteiger partial charge in [-0.2, -0.15) is 0 Å². The normalized spacial score (nSPS) is 30.6. The van der Waals surface area contributed by atoms with Crippen molar-refractivity contribution in [2.24, 2.45) is 11.8 Å². The lowest BCUT2D eigenvalue weighted by molar-refractivity contribution is -0.144. The maximum absolute atomic E-state index is 14.4. The van der Waals surface area contributed by atoms with Gasteiger partial charge in [0, 0.05) is 18.1 Å². The lowest BCUT2D eigenvalue weighted by Gasteiger charge is -2.41. The lowest BCUT2D eigenvalue weighted by Crippen LogP contribution is -2.45. The molecule has 184 valence electrons. The molecule has 2 aliphatic heterocycles. The zero-order chi connectivity index (χ0) is 24.0. The van der Waals surface area contributed by atoms with Crippen LogP contribution in [0.25, 0.3) is 10.8 Å². The van der Waals surface area contributed by atoms with Crippen molar-refractivity contribution in [2.45, 2.75) is 95.9 Å². The molecule has 0 spiro atoms. The average Bonchev–Trinajstić information content (AvgIpc) is 3.07. The largest absolute Gasteiger partial charge is 0.490 e. The molecule has 2 aromatic rings. The molecule has 3 atom stereocenters. The van der Waals surface area contributed by atoms with E-state index >= 15 is 0 Å². The number of hydrogen-bond donors (Lipinski definition) is 1. The molecule has 3 fully saturated rings. The number of piperidine rings is 1. The molecule has 6 heteroatoms. The number of alkyl halides is 2. The van der Waals surface area contributed by atoms with Gasteiger partial charge in [-0.05, 0) is 92.7 Å². The lowest BCUT2D eigenvalue weighted by atomic mass is 9.88. The molecule has 4 nitrogen and oxygen atoms in total. The number of fused-ring (bicyclic) bond motifs is 3. The van der Waals surface area contributed by atoms with Gasteiger partial charge < -0.3 is 9.84 Å². The summed E-state index contributed by atoms with van der Waals surface area (Å²) in [4.78, 5) is 14.0. The second kappa shape index (κ2) is 9.44. The van der Waals surface area contributed by atoms with Gasteiger partial charge in [0.2, 0.25) is 0 Å². The third-order valence-electron chi connectivity index (χ3n) is 8.59. The van der Waals surface area contributed by atoms with E-state index in [0.29, 0.717) is 29.9 Å². The zero-order valence-corrected chi connectivity index (χ0v) is 20.1. The molecular weight excluding hydrogens is 436 g/mol. The van der Waals surface area contributed by atoms with Gasteiger partial charge in [0.05, 0.1) is 17.6 Å². The Labute approximate surface area is 200 Å². The Morgan fingerprint density at radius 2 is 1.68 bits per heavy atom. The van der Waals surface area contributed by atoms with Crippen LogP contribution in [0.3, 0.4) is 0 Å². The number of halogens is 2. The fourth-order valence-electron chi connectivity index (χ4n) is 6.67. The van der Waals surface area contributed by atoms with Gasteiger partial charge in [-0.1, -0.05) is 25.1 Å².